The molecule has 0 atom stereocenters. The first-order valence-electron chi connectivity index (χ1n) is 9.63. The van der Waals surface area contributed by atoms with E-state index in [9.17, 15) is 9.90 Å². The standard InChI is InChI=1S/C22H23OS.C3H6O2/c1-22(2,3)23-18-14-16-21(17-15-18)24(19-10-6-4-7-11-19)20-12-8-5-9-13-20;1-2-3(4)5/h4-17H,1-3H3;2H2,1H3,(H,4,5)/q+1;/p-1. The second-order valence-corrected chi connectivity index (χ2v) is 9.37. The third kappa shape index (κ3) is 7.66. The lowest BCUT2D eigenvalue weighted by Gasteiger charge is -2.21. The number of aliphatic carboxylic acids is 1. The van der Waals surface area contributed by atoms with Gasteiger partial charge in [0.1, 0.15) is 11.4 Å². The Morgan fingerprint density at radius 1 is 0.793 bits per heavy atom. The molecule has 3 aromatic rings. The normalized spacial score (nSPS) is 10.8. The second-order valence-electron chi connectivity index (χ2n) is 7.34. The number of carboxylic acid groups (broad SMARTS) is 1. The highest BCUT2D eigenvalue weighted by Crippen LogP contribution is 2.32. The molecule has 0 bridgehead atoms. The number of benzene rings is 3. The smallest absolute Gasteiger partial charge is 0.166 e. The molecular formula is C25H28O3S. The van der Waals surface area contributed by atoms with Crippen molar-refractivity contribution in [3.8, 4) is 5.75 Å². The van der Waals surface area contributed by atoms with Gasteiger partial charge < -0.3 is 14.6 Å². The molecule has 0 aliphatic carbocycles. The van der Waals surface area contributed by atoms with Crippen LogP contribution in [0.3, 0.4) is 0 Å². The second kappa shape index (κ2) is 10.7. The summed E-state index contributed by atoms with van der Waals surface area (Å²) in [5.74, 6) is -0.0825. The number of hydrogen-bond donors (Lipinski definition) is 0. The van der Waals surface area contributed by atoms with Gasteiger partial charge in [-0.1, -0.05) is 43.3 Å². The quantitative estimate of drug-likeness (QED) is 0.552. The lowest BCUT2D eigenvalue weighted by molar-refractivity contribution is -0.305. The highest BCUT2D eigenvalue weighted by atomic mass is 32.2. The molecule has 0 fully saturated rings. The van der Waals surface area contributed by atoms with Crippen molar-refractivity contribution in [2.45, 2.75) is 54.4 Å². The minimum atomic E-state index is -0.995. The Kier molecular flexibility index (Phi) is 8.34. The van der Waals surface area contributed by atoms with Gasteiger partial charge in [-0.2, -0.15) is 0 Å². The molecule has 152 valence electrons. The number of carbonyl (C=O) groups is 1. The molecule has 0 radical (unpaired) electrons. The minimum Gasteiger partial charge on any atom is -0.550 e. The van der Waals surface area contributed by atoms with Crippen molar-refractivity contribution in [3.05, 3.63) is 84.9 Å². The van der Waals surface area contributed by atoms with Crippen LogP contribution in [0, 0.1) is 0 Å². The third-order valence-electron chi connectivity index (χ3n) is 3.73. The van der Waals surface area contributed by atoms with Crippen LogP contribution >= 0.6 is 0 Å². The van der Waals surface area contributed by atoms with Gasteiger partial charge in [-0.05, 0) is 75.7 Å². The summed E-state index contributed by atoms with van der Waals surface area (Å²) in [5, 5.41) is 9.26. The van der Waals surface area contributed by atoms with Crippen LogP contribution in [0.1, 0.15) is 34.1 Å². The maximum atomic E-state index is 9.26. The van der Waals surface area contributed by atoms with Crippen LogP contribution < -0.4 is 9.84 Å². The molecule has 0 aromatic heterocycles. The fourth-order valence-corrected chi connectivity index (χ4v) is 4.60. The van der Waals surface area contributed by atoms with Crippen LogP contribution in [0.2, 0.25) is 0 Å². The minimum absolute atomic E-state index is 0.102. The molecule has 0 saturated carbocycles. The maximum Gasteiger partial charge on any atom is 0.166 e. The Morgan fingerprint density at radius 2 is 1.17 bits per heavy atom. The van der Waals surface area contributed by atoms with Crippen LogP contribution in [0.15, 0.2) is 99.6 Å². The molecule has 3 rings (SSSR count). The van der Waals surface area contributed by atoms with Gasteiger partial charge >= 0.3 is 0 Å². The van der Waals surface area contributed by atoms with Gasteiger partial charge in [-0.25, -0.2) is 0 Å². The van der Waals surface area contributed by atoms with Crippen molar-refractivity contribution in [2.75, 3.05) is 0 Å². The summed E-state index contributed by atoms with van der Waals surface area (Å²) in [6, 6.07) is 29.9. The molecule has 3 nitrogen and oxygen atoms in total. The SMILES string of the molecule is CC(C)(C)Oc1ccc([S+](c2ccccc2)c2ccccc2)cc1.CCC(=O)[O-]. The average Bonchev–Trinajstić information content (AvgIpc) is 2.70. The summed E-state index contributed by atoms with van der Waals surface area (Å²) in [6.45, 7) is 7.74. The van der Waals surface area contributed by atoms with Crippen LogP contribution in [-0.2, 0) is 15.7 Å². The van der Waals surface area contributed by atoms with Crippen LogP contribution in [0.4, 0.5) is 0 Å². The van der Waals surface area contributed by atoms with Crippen molar-refractivity contribution in [3.63, 3.8) is 0 Å². The molecule has 0 heterocycles. The van der Waals surface area contributed by atoms with Gasteiger partial charge in [-0.15, -0.1) is 0 Å². The zero-order valence-electron chi connectivity index (χ0n) is 17.4. The van der Waals surface area contributed by atoms with E-state index in [1.165, 1.54) is 21.6 Å². The van der Waals surface area contributed by atoms with Gasteiger partial charge in [0.15, 0.2) is 14.7 Å². The van der Waals surface area contributed by atoms with E-state index in [0.717, 1.165) is 5.75 Å². The van der Waals surface area contributed by atoms with Crippen LogP contribution in [-0.4, -0.2) is 11.6 Å². The topological polar surface area (TPSA) is 49.4 Å². The molecule has 0 unspecified atom stereocenters. The number of hydrogen-bond acceptors (Lipinski definition) is 3. The van der Waals surface area contributed by atoms with Gasteiger partial charge in [-0.3, -0.25) is 0 Å². The largest absolute Gasteiger partial charge is 0.550 e. The van der Waals surface area contributed by atoms with E-state index >= 15 is 0 Å². The summed E-state index contributed by atoms with van der Waals surface area (Å²) in [6.07, 6.45) is 0.111. The van der Waals surface area contributed by atoms with E-state index in [2.05, 4.69) is 106 Å². The van der Waals surface area contributed by atoms with Crippen LogP contribution in [0.25, 0.3) is 0 Å². The van der Waals surface area contributed by atoms with Crippen molar-refractivity contribution < 1.29 is 14.6 Å². The summed E-state index contributed by atoms with van der Waals surface area (Å²) in [4.78, 5) is 13.2. The van der Waals surface area contributed by atoms with E-state index in [1.807, 2.05) is 0 Å². The van der Waals surface area contributed by atoms with Gasteiger partial charge in [0.2, 0.25) is 0 Å². The Balaban J connectivity index is 0.000000537. The van der Waals surface area contributed by atoms with Gasteiger partial charge in [0.05, 0.1) is 10.9 Å². The van der Waals surface area contributed by atoms with Crippen molar-refractivity contribution in [1.29, 1.82) is 0 Å². The van der Waals surface area contributed by atoms with Crippen molar-refractivity contribution >= 4 is 16.9 Å². The molecule has 4 heteroatoms. The fourth-order valence-electron chi connectivity index (χ4n) is 2.52. The number of carbonyl (C=O) groups excluding carboxylic acids is 1. The van der Waals surface area contributed by atoms with E-state index < -0.39 is 5.97 Å². The lowest BCUT2D eigenvalue weighted by atomic mass is 10.2. The number of ether oxygens (including phenoxy) is 1. The predicted molar refractivity (Wildman–Crippen MR) is 117 cm³/mol. The zero-order chi connectivity index (χ0) is 21.3. The molecule has 0 aliphatic rings. The average molecular weight is 409 g/mol. The van der Waals surface area contributed by atoms with E-state index in [4.69, 9.17) is 4.74 Å². The van der Waals surface area contributed by atoms with E-state index in [0.29, 0.717) is 0 Å². The maximum absolute atomic E-state index is 9.26. The monoisotopic (exact) mass is 408 g/mol. The highest BCUT2D eigenvalue weighted by Gasteiger charge is 2.28. The Labute approximate surface area is 176 Å². The Hall–Kier alpha value is -2.72. The first kappa shape index (κ1) is 22.6. The zero-order valence-corrected chi connectivity index (χ0v) is 18.2. The molecule has 0 amide bonds. The molecule has 0 aliphatic heterocycles. The van der Waals surface area contributed by atoms with Crippen LogP contribution in [0.5, 0.6) is 5.75 Å². The van der Waals surface area contributed by atoms with Crippen molar-refractivity contribution in [1.82, 2.24) is 0 Å². The first-order chi connectivity index (χ1) is 13.8. The molecule has 0 N–H and O–H groups in total. The van der Waals surface area contributed by atoms with Crippen molar-refractivity contribution in [2.24, 2.45) is 0 Å². The number of carboxylic acids is 1. The molecule has 3 aromatic carbocycles. The molecule has 29 heavy (non-hydrogen) atoms. The highest BCUT2D eigenvalue weighted by molar-refractivity contribution is 7.97. The Morgan fingerprint density at radius 3 is 1.52 bits per heavy atom. The molecule has 0 saturated heterocycles. The predicted octanol–water partition coefficient (Wildman–Crippen LogP) is 5.11. The third-order valence-corrected chi connectivity index (χ3v) is 5.96. The van der Waals surface area contributed by atoms with E-state index in [1.54, 1.807) is 0 Å². The Bertz CT molecular complexity index is 830. The number of rotatable bonds is 5. The van der Waals surface area contributed by atoms with E-state index in [-0.39, 0.29) is 22.9 Å². The fraction of sp³-hybridized carbons (Fsp3) is 0.240. The summed E-state index contributed by atoms with van der Waals surface area (Å²) < 4.78 is 5.95. The molecular weight excluding hydrogens is 380 g/mol. The van der Waals surface area contributed by atoms with Gasteiger partial charge in [0.25, 0.3) is 0 Å². The lowest BCUT2D eigenvalue weighted by Crippen LogP contribution is -2.22. The first-order valence-corrected chi connectivity index (χ1v) is 10.9. The van der Waals surface area contributed by atoms with Gasteiger partial charge in [0, 0.05) is 5.97 Å². The summed E-state index contributed by atoms with van der Waals surface area (Å²) in [5.41, 5.74) is -0.179. The summed E-state index contributed by atoms with van der Waals surface area (Å²) in [7, 11) is -0.102. The summed E-state index contributed by atoms with van der Waals surface area (Å²) >= 11 is 0. The molecule has 0 spiro atoms.